The van der Waals surface area contributed by atoms with Crippen molar-refractivity contribution < 1.29 is 19.5 Å². The number of carboxylic acid groups (broad SMARTS) is 1. The van der Waals surface area contributed by atoms with Crippen LogP contribution in [-0.4, -0.2) is 52.9 Å². The van der Waals surface area contributed by atoms with E-state index in [1.807, 2.05) is 13.8 Å². The summed E-state index contributed by atoms with van der Waals surface area (Å²) in [5.74, 6) is -0.781. The van der Waals surface area contributed by atoms with E-state index in [1.54, 1.807) is 0 Å². The second-order valence-corrected chi connectivity index (χ2v) is 5.21. The highest BCUT2D eigenvalue weighted by Gasteiger charge is 2.29. The van der Waals surface area contributed by atoms with Crippen molar-refractivity contribution in [3.63, 3.8) is 0 Å². The predicted molar refractivity (Wildman–Crippen MR) is 73.5 cm³/mol. The fourth-order valence-electron chi connectivity index (χ4n) is 2.40. The quantitative estimate of drug-likeness (QED) is 0.442. The van der Waals surface area contributed by atoms with Crippen molar-refractivity contribution in [2.75, 3.05) is 26.2 Å². The van der Waals surface area contributed by atoms with Gasteiger partial charge in [0, 0.05) is 0 Å². The summed E-state index contributed by atoms with van der Waals surface area (Å²) in [6.45, 7) is 8.35. The highest BCUT2D eigenvalue weighted by atomic mass is 16.4. The summed E-state index contributed by atoms with van der Waals surface area (Å²) in [6, 6.07) is 0. The zero-order valence-electron chi connectivity index (χ0n) is 12.2. The monoisotopic (exact) mass is 260 g/mol. The number of hydrogen-bond donors (Lipinski definition) is 2. The Morgan fingerprint density at radius 2 is 1.72 bits per heavy atom. The summed E-state index contributed by atoms with van der Waals surface area (Å²) in [7, 11) is 0. The maximum absolute atomic E-state index is 10.9. The molecule has 0 heterocycles. The molecule has 0 fully saturated rings. The van der Waals surface area contributed by atoms with E-state index in [1.165, 1.54) is 12.8 Å². The molecule has 1 unspecified atom stereocenters. The first kappa shape index (κ1) is 17.4. The number of aliphatic hydroxyl groups excluding tert-OH is 1. The van der Waals surface area contributed by atoms with E-state index >= 15 is 0 Å². The van der Waals surface area contributed by atoms with E-state index < -0.39 is 5.97 Å². The van der Waals surface area contributed by atoms with Gasteiger partial charge in [0.25, 0.3) is 0 Å². The molecule has 0 saturated heterocycles. The van der Waals surface area contributed by atoms with Crippen LogP contribution in [0, 0.1) is 0 Å². The van der Waals surface area contributed by atoms with E-state index in [9.17, 15) is 9.90 Å². The molecule has 0 aromatic carbocycles. The number of likely N-dealkylation sites (N-methyl/N-ethyl adjacent to an activating group) is 1. The van der Waals surface area contributed by atoms with Crippen molar-refractivity contribution in [1.82, 2.24) is 0 Å². The van der Waals surface area contributed by atoms with Crippen molar-refractivity contribution in [1.29, 1.82) is 0 Å². The fraction of sp³-hybridized carbons (Fsp3) is 0.929. The second-order valence-electron chi connectivity index (χ2n) is 5.21. The lowest BCUT2D eigenvalue weighted by Gasteiger charge is -2.36. The van der Waals surface area contributed by atoms with Crippen LogP contribution in [0.25, 0.3) is 0 Å². The zero-order valence-corrected chi connectivity index (χ0v) is 12.2. The molecule has 0 radical (unpaired) electrons. The largest absolute Gasteiger partial charge is 0.477 e. The van der Waals surface area contributed by atoms with Crippen molar-refractivity contribution in [2.24, 2.45) is 0 Å². The molecule has 0 spiro atoms. The Balaban J connectivity index is 4.18. The van der Waals surface area contributed by atoms with Crippen molar-refractivity contribution in [2.45, 2.75) is 59.0 Å². The fourth-order valence-corrected chi connectivity index (χ4v) is 2.40. The maximum Gasteiger partial charge on any atom is 0.359 e. The van der Waals surface area contributed by atoms with Crippen molar-refractivity contribution in [3.8, 4) is 0 Å². The first-order chi connectivity index (χ1) is 8.49. The molecule has 4 heteroatoms. The standard InChI is InChI=1S/C14H29NO3/c1-4-7-8-9-10-13(16)11-15(5-2,6-3)12-14(17)18/h13,16H,4-12H2,1-3H3/p+1. The third kappa shape index (κ3) is 6.97. The molecule has 18 heavy (non-hydrogen) atoms. The molecule has 0 bridgehead atoms. The molecule has 1 atom stereocenters. The Labute approximate surface area is 111 Å². The number of nitrogens with zero attached hydrogens (tertiary/aromatic N) is 1. The minimum absolute atomic E-state index is 0.110. The lowest BCUT2D eigenvalue weighted by atomic mass is 10.1. The summed E-state index contributed by atoms with van der Waals surface area (Å²) in [6.07, 6.45) is 5.02. The first-order valence-electron chi connectivity index (χ1n) is 7.24. The van der Waals surface area contributed by atoms with Crippen LogP contribution in [0.1, 0.15) is 52.9 Å². The van der Waals surface area contributed by atoms with Crippen LogP contribution in [0.2, 0.25) is 0 Å². The van der Waals surface area contributed by atoms with Gasteiger partial charge in [0.2, 0.25) is 0 Å². The minimum Gasteiger partial charge on any atom is -0.477 e. The number of aliphatic carboxylic acids is 1. The molecule has 0 aromatic rings. The van der Waals surface area contributed by atoms with Gasteiger partial charge in [-0.2, -0.15) is 0 Å². The molecule has 4 nitrogen and oxygen atoms in total. The highest BCUT2D eigenvalue weighted by molar-refractivity contribution is 5.67. The van der Waals surface area contributed by atoms with Crippen LogP contribution in [0.4, 0.5) is 0 Å². The van der Waals surface area contributed by atoms with E-state index in [4.69, 9.17) is 5.11 Å². The summed E-state index contributed by atoms with van der Waals surface area (Å²) in [5.41, 5.74) is 0. The van der Waals surface area contributed by atoms with Gasteiger partial charge in [0.15, 0.2) is 6.54 Å². The van der Waals surface area contributed by atoms with E-state index in [0.717, 1.165) is 32.4 Å². The molecule has 0 aliphatic heterocycles. The minimum atomic E-state index is -0.781. The topological polar surface area (TPSA) is 57.5 Å². The van der Waals surface area contributed by atoms with Crippen LogP contribution >= 0.6 is 0 Å². The summed E-state index contributed by atoms with van der Waals surface area (Å²) in [5, 5.41) is 19.0. The number of carbonyl (C=O) groups is 1. The normalized spacial score (nSPS) is 13.6. The number of quaternary nitrogens is 1. The molecular formula is C14H30NO3+. The van der Waals surface area contributed by atoms with Gasteiger partial charge in [0.05, 0.1) is 13.1 Å². The number of rotatable bonds is 11. The Morgan fingerprint density at radius 3 is 2.17 bits per heavy atom. The SMILES string of the molecule is CCCCCCC(O)C[N+](CC)(CC)CC(=O)O. The van der Waals surface area contributed by atoms with Gasteiger partial charge >= 0.3 is 5.97 Å². The first-order valence-corrected chi connectivity index (χ1v) is 7.24. The molecular weight excluding hydrogens is 230 g/mol. The third-order valence-electron chi connectivity index (χ3n) is 3.80. The molecule has 0 saturated carbocycles. The molecule has 108 valence electrons. The Kier molecular flexibility index (Phi) is 9.02. The van der Waals surface area contributed by atoms with Crippen molar-refractivity contribution in [3.05, 3.63) is 0 Å². The number of carboxylic acids is 1. The highest BCUT2D eigenvalue weighted by Crippen LogP contribution is 2.12. The van der Waals surface area contributed by atoms with Crippen LogP contribution in [0.3, 0.4) is 0 Å². The number of aliphatic hydroxyl groups is 1. The van der Waals surface area contributed by atoms with Gasteiger partial charge in [-0.25, -0.2) is 4.79 Å². The second kappa shape index (κ2) is 9.34. The van der Waals surface area contributed by atoms with Gasteiger partial charge in [0.1, 0.15) is 12.6 Å². The van der Waals surface area contributed by atoms with Gasteiger partial charge < -0.3 is 14.7 Å². The summed E-state index contributed by atoms with van der Waals surface area (Å²) >= 11 is 0. The van der Waals surface area contributed by atoms with Crippen LogP contribution in [0.15, 0.2) is 0 Å². The molecule has 0 aromatic heterocycles. The third-order valence-corrected chi connectivity index (χ3v) is 3.80. The van der Waals surface area contributed by atoms with Gasteiger partial charge in [-0.05, 0) is 20.3 Å². The average molecular weight is 260 g/mol. The van der Waals surface area contributed by atoms with Gasteiger partial charge in [-0.1, -0.05) is 32.6 Å². The number of unbranched alkanes of at least 4 members (excludes halogenated alkanes) is 3. The predicted octanol–water partition coefficient (Wildman–Crippen LogP) is 2.26. The Bertz CT molecular complexity index is 227. The molecule has 0 aliphatic rings. The van der Waals surface area contributed by atoms with E-state index in [0.29, 0.717) is 11.0 Å². The number of hydrogen-bond acceptors (Lipinski definition) is 2. The lowest BCUT2D eigenvalue weighted by molar-refractivity contribution is -0.920. The maximum atomic E-state index is 10.9. The summed E-state index contributed by atoms with van der Waals surface area (Å²) in [4.78, 5) is 10.9. The molecule has 0 amide bonds. The van der Waals surface area contributed by atoms with E-state index in [2.05, 4.69) is 6.92 Å². The lowest BCUT2D eigenvalue weighted by Crippen LogP contribution is -2.54. The van der Waals surface area contributed by atoms with Crippen LogP contribution in [0.5, 0.6) is 0 Å². The smallest absolute Gasteiger partial charge is 0.359 e. The Morgan fingerprint density at radius 1 is 1.11 bits per heavy atom. The van der Waals surface area contributed by atoms with Crippen LogP contribution < -0.4 is 0 Å². The Hall–Kier alpha value is -0.610. The molecule has 0 rings (SSSR count). The average Bonchev–Trinajstić information content (AvgIpc) is 2.33. The molecule has 0 aliphatic carbocycles. The van der Waals surface area contributed by atoms with Gasteiger partial charge in [-0.3, -0.25) is 0 Å². The van der Waals surface area contributed by atoms with Crippen molar-refractivity contribution >= 4 is 5.97 Å². The zero-order chi connectivity index (χ0) is 14.0. The van der Waals surface area contributed by atoms with Crippen LogP contribution in [-0.2, 0) is 4.79 Å². The molecule has 2 N–H and O–H groups in total. The van der Waals surface area contributed by atoms with Gasteiger partial charge in [-0.15, -0.1) is 0 Å². The van der Waals surface area contributed by atoms with E-state index in [-0.39, 0.29) is 12.6 Å². The summed E-state index contributed by atoms with van der Waals surface area (Å²) < 4.78 is 0.476.